The largest absolute Gasteiger partial charge is 0.396 e. The van der Waals surface area contributed by atoms with E-state index in [9.17, 15) is 5.11 Å². The number of benzene rings is 1. The van der Waals surface area contributed by atoms with Crippen LogP contribution in [0.1, 0.15) is 20.3 Å². The number of pyridine rings is 1. The van der Waals surface area contributed by atoms with Crippen LogP contribution in [0.4, 0.5) is 11.4 Å². The van der Waals surface area contributed by atoms with Crippen LogP contribution >= 0.6 is 0 Å². The van der Waals surface area contributed by atoms with Gasteiger partial charge in [-0.2, -0.15) is 0 Å². The summed E-state index contributed by atoms with van der Waals surface area (Å²) in [5.74, 6) is 0. The molecule has 1 aromatic carbocycles. The van der Waals surface area contributed by atoms with Gasteiger partial charge in [-0.15, -0.1) is 0 Å². The van der Waals surface area contributed by atoms with Gasteiger partial charge < -0.3 is 16.2 Å². The molecule has 2 rings (SSSR count). The number of nitrogens with zero attached hydrogens (tertiary/aromatic N) is 1. The van der Waals surface area contributed by atoms with Gasteiger partial charge in [0.25, 0.3) is 0 Å². The maximum absolute atomic E-state index is 9.40. The average molecular weight is 245 g/mol. The highest BCUT2D eigenvalue weighted by atomic mass is 16.3. The lowest BCUT2D eigenvalue weighted by molar-refractivity contribution is 0.179. The van der Waals surface area contributed by atoms with Crippen LogP contribution in [0.2, 0.25) is 0 Å². The van der Waals surface area contributed by atoms with E-state index in [1.807, 2.05) is 31.2 Å². The molecular formula is C14H19N3O. The molecule has 0 aliphatic heterocycles. The molecule has 0 amide bonds. The molecule has 1 aromatic heterocycles. The van der Waals surface area contributed by atoms with E-state index in [0.29, 0.717) is 12.1 Å². The molecule has 4 N–H and O–H groups in total. The van der Waals surface area contributed by atoms with Crippen molar-refractivity contribution in [3.8, 4) is 0 Å². The molecule has 18 heavy (non-hydrogen) atoms. The van der Waals surface area contributed by atoms with Crippen molar-refractivity contribution < 1.29 is 5.11 Å². The van der Waals surface area contributed by atoms with Crippen LogP contribution in [-0.2, 0) is 0 Å². The van der Waals surface area contributed by atoms with Crippen molar-refractivity contribution in [3.63, 3.8) is 0 Å². The van der Waals surface area contributed by atoms with Crippen LogP contribution < -0.4 is 11.1 Å². The lowest BCUT2D eigenvalue weighted by Gasteiger charge is -2.19. The summed E-state index contributed by atoms with van der Waals surface area (Å²) in [5, 5.41) is 13.8. The number of rotatable bonds is 4. The minimum absolute atomic E-state index is 0.151. The summed E-state index contributed by atoms with van der Waals surface area (Å²) in [7, 11) is 0. The number of nitrogens with one attached hydrogen (secondary N) is 1. The first-order valence-electron chi connectivity index (χ1n) is 6.15. The van der Waals surface area contributed by atoms with Gasteiger partial charge in [0, 0.05) is 11.4 Å². The van der Waals surface area contributed by atoms with Crippen molar-refractivity contribution in [2.75, 3.05) is 11.1 Å². The molecule has 0 saturated heterocycles. The number of para-hydroxylation sites is 1. The highest BCUT2D eigenvalue weighted by Gasteiger charge is 2.11. The molecule has 4 heteroatoms. The minimum atomic E-state index is -0.332. The molecule has 4 nitrogen and oxygen atoms in total. The fraction of sp³-hybridized carbons (Fsp3) is 0.357. The summed E-state index contributed by atoms with van der Waals surface area (Å²) < 4.78 is 0. The molecule has 2 unspecified atom stereocenters. The number of fused-ring (bicyclic) bond motifs is 1. The smallest absolute Gasteiger partial charge is 0.0743 e. The summed E-state index contributed by atoms with van der Waals surface area (Å²) in [6.07, 6.45) is 2.01. The second-order valence-electron chi connectivity index (χ2n) is 4.74. The van der Waals surface area contributed by atoms with Crippen molar-refractivity contribution in [1.82, 2.24) is 4.98 Å². The number of nitrogen functional groups attached to an aromatic ring is 1. The summed E-state index contributed by atoms with van der Waals surface area (Å²) in [5.41, 5.74) is 8.42. The van der Waals surface area contributed by atoms with E-state index < -0.39 is 0 Å². The van der Waals surface area contributed by atoms with E-state index in [1.165, 1.54) is 0 Å². The number of nitrogens with two attached hydrogens (primary N) is 1. The Morgan fingerprint density at radius 1 is 1.33 bits per heavy atom. The Bertz CT molecular complexity index is 540. The monoisotopic (exact) mass is 245 g/mol. The lowest BCUT2D eigenvalue weighted by Crippen LogP contribution is -2.21. The van der Waals surface area contributed by atoms with Crippen molar-refractivity contribution in [1.29, 1.82) is 0 Å². The van der Waals surface area contributed by atoms with E-state index in [-0.39, 0.29) is 12.1 Å². The number of aliphatic hydroxyl groups excluding tert-OH is 1. The van der Waals surface area contributed by atoms with Crippen LogP contribution in [-0.4, -0.2) is 22.2 Å². The zero-order valence-electron chi connectivity index (χ0n) is 10.7. The van der Waals surface area contributed by atoms with Gasteiger partial charge in [-0.1, -0.05) is 18.2 Å². The average Bonchev–Trinajstić information content (AvgIpc) is 2.32. The summed E-state index contributed by atoms with van der Waals surface area (Å²) in [4.78, 5) is 4.30. The SMILES string of the molecule is CC(O)CC(C)Nc1c(N)cnc2ccccc12. The first-order valence-corrected chi connectivity index (χ1v) is 6.15. The van der Waals surface area contributed by atoms with Crippen molar-refractivity contribution in [3.05, 3.63) is 30.5 Å². The molecule has 0 aliphatic rings. The molecule has 0 saturated carbocycles. The van der Waals surface area contributed by atoms with Gasteiger partial charge >= 0.3 is 0 Å². The Labute approximate surface area is 107 Å². The van der Waals surface area contributed by atoms with E-state index >= 15 is 0 Å². The second kappa shape index (κ2) is 5.23. The van der Waals surface area contributed by atoms with Gasteiger partial charge in [0.15, 0.2) is 0 Å². The summed E-state index contributed by atoms with van der Waals surface area (Å²) in [6.45, 7) is 3.81. The number of hydrogen-bond donors (Lipinski definition) is 3. The predicted octanol–water partition coefficient (Wildman–Crippen LogP) is 2.39. The zero-order chi connectivity index (χ0) is 13.1. The van der Waals surface area contributed by atoms with Gasteiger partial charge in [0.1, 0.15) is 0 Å². The highest BCUT2D eigenvalue weighted by Crippen LogP contribution is 2.28. The Morgan fingerprint density at radius 3 is 2.78 bits per heavy atom. The van der Waals surface area contributed by atoms with Gasteiger partial charge in [-0.05, 0) is 26.3 Å². The molecule has 0 fully saturated rings. The van der Waals surface area contributed by atoms with E-state index in [2.05, 4.69) is 10.3 Å². The maximum Gasteiger partial charge on any atom is 0.0743 e. The number of aromatic nitrogens is 1. The predicted molar refractivity (Wildman–Crippen MR) is 75.5 cm³/mol. The third kappa shape index (κ3) is 2.71. The van der Waals surface area contributed by atoms with Crippen LogP contribution in [0.25, 0.3) is 10.9 Å². The molecule has 0 bridgehead atoms. The van der Waals surface area contributed by atoms with Crippen molar-refractivity contribution in [2.24, 2.45) is 0 Å². The molecule has 1 heterocycles. The first kappa shape index (κ1) is 12.6. The van der Waals surface area contributed by atoms with Gasteiger partial charge in [0.2, 0.25) is 0 Å². The summed E-state index contributed by atoms with van der Waals surface area (Å²) in [6, 6.07) is 8.02. The van der Waals surface area contributed by atoms with E-state index in [4.69, 9.17) is 5.73 Å². The number of aliphatic hydroxyl groups is 1. The van der Waals surface area contributed by atoms with Crippen LogP contribution in [0, 0.1) is 0 Å². The topological polar surface area (TPSA) is 71.2 Å². The second-order valence-corrected chi connectivity index (χ2v) is 4.74. The molecule has 2 atom stereocenters. The maximum atomic E-state index is 9.40. The van der Waals surface area contributed by atoms with Crippen molar-refractivity contribution in [2.45, 2.75) is 32.4 Å². The fourth-order valence-corrected chi connectivity index (χ4v) is 2.13. The Hall–Kier alpha value is -1.81. The third-order valence-electron chi connectivity index (χ3n) is 2.89. The molecular weight excluding hydrogens is 226 g/mol. The van der Waals surface area contributed by atoms with E-state index in [0.717, 1.165) is 16.6 Å². The van der Waals surface area contributed by atoms with Crippen LogP contribution in [0.15, 0.2) is 30.5 Å². The van der Waals surface area contributed by atoms with Crippen molar-refractivity contribution >= 4 is 22.3 Å². The zero-order valence-corrected chi connectivity index (χ0v) is 10.7. The third-order valence-corrected chi connectivity index (χ3v) is 2.89. The molecule has 0 radical (unpaired) electrons. The number of hydrogen-bond acceptors (Lipinski definition) is 4. The standard InChI is InChI=1S/C14H19N3O/c1-9(7-10(2)18)17-14-11-5-3-4-6-13(11)16-8-12(14)15/h3-6,8-10,18H,7,15H2,1-2H3,(H,16,17). The quantitative estimate of drug-likeness (QED) is 0.773. The van der Waals surface area contributed by atoms with Crippen LogP contribution in [0.5, 0.6) is 0 Å². The fourth-order valence-electron chi connectivity index (χ4n) is 2.13. The van der Waals surface area contributed by atoms with Gasteiger partial charge in [-0.25, -0.2) is 0 Å². The first-order chi connectivity index (χ1) is 8.58. The summed E-state index contributed by atoms with van der Waals surface area (Å²) >= 11 is 0. The van der Waals surface area contributed by atoms with Gasteiger partial charge in [-0.3, -0.25) is 4.98 Å². The Morgan fingerprint density at radius 2 is 2.06 bits per heavy atom. The lowest BCUT2D eigenvalue weighted by atomic mass is 10.1. The Balaban J connectivity index is 2.34. The van der Waals surface area contributed by atoms with E-state index in [1.54, 1.807) is 13.1 Å². The molecule has 96 valence electrons. The minimum Gasteiger partial charge on any atom is -0.396 e. The highest BCUT2D eigenvalue weighted by molar-refractivity contribution is 5.96. The number of anilines is 2. The Kier molecular flexibility index (Phi) is 3.67. The van der Waals surface area contributed by atoms with Crippen LogP contribution in [0.3, 0.4) is 0 Å². The normalized spacial score (nSPS) is 14.4. The molecule has 2 aromatic rings. The molecule has 0 aliphatic carbocycles. The van der Waals surface area contributed by atoms with Gasteiger partial charge in [0.05, 0.1) is 29.2 Å². The molecule has 0 spiro atoms.